The van der Waals surface area contributed by atoms with Crippen molar-refractivity contribution in [1.29, 1.82) is 0 Å². The lowest BCUT2D eigenvalue weighted by molar-refractivity contribution is 0.264. The zero-order valence-corrected chi connectivity index (χ0v) is 14.5. The molecular formula is C21H25N3O. The van der Waals surface area contributed by atoms with Gasteiger partial charge in [0.25, 0.3) is 0 Å². The van der Waals surface area contributed by atoms with Crippen LogP contribution in [0.5, 0.6) is 0 Å². The van der Waals surface area contributed by atoms with E-state index < -0.39 is 0 Å². The smallest absolute Gasteiger partial charge is 0.150 e. The van der Waals surface area contributed by atoms with E-state index in [4.69, 9.17) is 10.3 Å². The van der Waals surface area contributed by atoms with Crippen LogP contribution in [0.1, 0.15) is 36.3 Å². The zero-order valence-electron chi connectivity index (χ0n) is 14.5. The van der Waals surface area contributed by atoms with Crippen LogP contribution in [0.4, 0.5) is 0 Å². The third-order valence-electron chi connectivity index (χ3n) is 5.35. The predicted molar refractivity (Wildman–Crippen MR) is 99.9 cm³/mol. The lowest BCUT2D eigenvalue weighted by Crippen LogP contribution is -2.39. The van der Waals surface area contributed by atoms with Crippen molar-refractivity contribution in [3.05, 3.63) is 71.6 Å². The van der Waals surface area contributed by atoms with E-state index in [-0.39, 0.29) is 5.41 Å². The van der Waals surface area contributed by atoms with Crippen LogP contribution in [0.25, 0.3) is 5.57 Å². The molecule has 0 radical (unpaired) electrons. The van der Waals surface area contributed by atoms with E-state index >= 15 is 0 Å². The Morgan fingerprint density at radius 3 is 2.60 bits per heavy atom. The van der Waals surface area contributed by atoms with Gasteiger partial charge in [-0.15, -0.1) is 0 Å². The molecule has 0 bridgehead atoms. The van der Waals surface area contributed by atoms with Crippen LogP contribution in [-0.2, 0) is 12.0 Å². The molecule has 0 saturated carbocycles. The highest BCUT2D eigenvalue weighted by molar-refractivity contribution is 5.75. The Labute approximate surface area is 149 Å². The van der Waals surface area contributed by atoms with Crippen molar-refractivity contribution >= 4 is 5.57 Å². The first-order chi connectivity index (χ1) is 12.3. The molecule has 0 amide bonds. The Hall–Kier alpha value is -2.17. The molecule has 4 rings (SSSR count). The number of nitrogens with zero attached hydrogens (tertiary/aromatic N) is 2. The van der Waals surface area contributed by atoms with Crippen molar-refractivity contribution in [3.63, 3.8) is 0 Å². The Kier molecular flexibility index (Phi) is 4.55. The average molecular weight is 335 g/mol. The van der Waals surface area contributed by atoms with Gasteiger partial charge in [-0.05, 0) is 43.5 Å². The average Bonchev–Trinajstić information content (AvgIpc) is 3.35. The van der Waals surface area contributed by atoms with Crippen molar-refractivity contribution in [1.82, 2.24) is 10.1 Å². The fraction of sp³-hybridized carbons (Fsp3) is 0.381. The number of aromatic nitrogens is 1. The second-order valence-corrected chi connectivity index (χ2v) is 7.08. The minimum atomic E-state index is -0.125. The number of hydrogen-bond donors (Lipinski definition) is 1. The van der Waals surface area contributed by atoms with E-state index in [1.807, 2.05) is 6.07 Å². The first-order valence-electron chi connectivity index (χ1n) is 9.12. The molecule has 4 nitrogen and oxygen atoms in total. The molecule has 0 spiro atoms. The summed E-state index contributed by atoms with van der Waals surface area (Å²) in [6.07, 6.45) is 10.4. The molecule has 1 fully saturated rings. The molecule has 1 saturated heterocycles. The Morgan fingerprint density at radius 1 is 1.16 bits per heavy atom. The minimum Gasteiger partial charge on any atom is -0.360 e. The van der Waals surface area contributed by atoms with Gasteiger partial charge in [-0.2, -0.15) is 0 Å². The van der Waals surface area contributed by atoms with Crippen molar-refractivity contribution in [2.45, 2.75) is 31.2 Å². The van der Waals surface area contributed by atoms with E-state index in [0.29, 0.717) is 6.54 Å². The van der Waals surface area contributed by atoms with Gasteiger partial charge in [0.15, 0.2) is 5.76 Å². The molecule has 1 aliphatic carbocycles. The lowest BCUT2D eigenvalue weighted by Gasteiger charge is -2.34. The van der Waals surface area contributed by atoms with Crippen LogP contribution < -0.4 is 5.73 Å². The number of likely N-dealkylation sites (tertiary alicyclic amines) is 1. The van der Waals surface area contributed by atoms with E-state index in [1.165, 1.54) is 37.1 Å². The Bertz CT molecular complexity index is 771. The molecule has 25 heavy (non-hydrogen) atoms. The summed E-state index contributed by atoms with van der Waals surface area (Å²) in [7, 11) is 0. The van der Waals surface area contributed by atoms with E-state index in [2.05, 4.69) is 58.6 Å². The summed E-state index contributed by atoms with van der Waals surface area (Å²) in [6.45, 7) is 3.72. The second kappa shape index (κ2) is 6.98. The molecule has 2 N–H and O–H groups in total. The summed E-state index contributed by atoms with van der Waals surface area (Å²) in [5.74, 6) is 0.752. The van der Waals surface area contributed by atoms with Crippen LogP contribution >= 0.6 is 0 Å². The number of rotatable bonds is 5. The maximum atomic E-state index is 5.72. The third kappa shape index (κ3) is 3.32. The second-order valence-electron chi connectivity index (χ2n) is 7.08. The molecule has 2 heterocycles. The van der Waals surface area contributed by atoms with Gasteiger partial charge in [-0.1, -0.05) is 53.7 Å². The molecule has 2 aliphatic rings. The van der Waals surface area contributed by atoms with Crippen LogP contribution in [-0.4, -0.2) is 29.7 Å². The highest BCUT2D eigenvalue weighted by Crippen LogP contribution is 2.37. The minimum absolute atomic E-state index is 0.125. The van der Waals surface area contributed by atoms with Gasteiger partial charge in [0.1, 0.15) is 0 Å². The van der Waals surface area contributed by atoms with Crippen molar-refractivity contribution < 1.29 is 4.52 Å². The lowest BCUT2D eigenvalue weighted by atomic mass is 9.76. The Morgan fingerprint density at radius 2 is 1.96 bits per heavy atom. The van der Waals surface area contributed by atoms with Crippen LogP contribution in [0.2, 0.25) is 0 Å². The summed E-state index contributed by atoms with van der Waals surface area (Å²) >= 11 is 0. The van der Waals surface area contributed by atoms with Crippen molar-refractivity contribution in [3.8, 4) is 0 Å². The summed E-state index contributed by atoms with van der Waals surface area (Å²) in [5, 5.41) is 4.36. The van der Waals surface area contributed by atoms with Gasteiger partial charge in [0, 0.05) is 12.6 Å². The molecule has 130 valence electrons. The number of nitrogens with two attached hydrogens (primary N) is 1. The number of hydrogen-bond acceptors (Lipinski definition) is 4. The summed E-state index contributed by atoms with van der Waals surface area (Å²) in [4.78, 5) is 2.54. The summed E-state index contributed by atoms with van der Waals surface area (Å²) in [5.41, 5.74) is 9.14. The van der Waals surface area contributed by atoms with Gasteiger partial charge in [-0.25, -0.2) is 0 Å². The van der Waals surface area contributed by atoms with Gasteiger partial charge < -0.3 is 15.2 Å². The quantitative estimate of drug-likeness (QED) is 0.908. The first-order valence-corrected chi connectivity index (χ1v) is 9.12. The summed E-state index contributed by atoms with van der Waals surface area (Å²) < 4.78 is 5.42. The van der Waals surface area contributed by atoms with E-state index in [9.17, 15) is 0 Å². The third-order valence-corrected chi connectivity index (χ3v) is 5.35. The van der Waals surface area contributed by atoms with E-state index in [0.717, 1.165) is 24.4 Å². The molecule has 1 aromatic heterocycles. The predicted octanol–water partition coefficient (Wildman–Crippen LogP) is 3.51. The van der Waals surface area contributed by atoms with Crippen LogP contribution in [0.15, 0.2) is 59.1 Å². The molecule has 1 aliphatic heterocycles. The van der Waals surface area contributed by atoms with Crippen LogP contribution in [0.3, 0.4) is 0 Å². The highest BCUT2D eigenvalue weighted by Gasteiger charge is 2.36. The molecule has 2 aromatic rings. The maximum absolute atomic E-state index is 5.72. The van der Waals surface area contributed by atoms with Crippen LogP contribution in [0, 0.1) is 0 Å². The standard InChI is InChI=1S/C21H25N3O/c22-15-19-14-20(23-25-19)21(16-24-12-4-5-13-24)10-8-18(9-11-21)17-6-2-1-3-7-17/h1-3,6-10,14H,4-5,11-13,15-16,22H2. The monoisotopic (exact) mass is 335 g/mol. The molecule has 1 unspecified atom stereocenters. The van der Waals surface area contributed by atoms with Gasteiger partial charge in [-0.3, -0.25) is 0 Å². The Balaban J connectivity index is 1.63. The number of benzene rings is 1. The van der Waals surface area contributed by atoms with Gasteiger partial charge >= 0.3 is 0 Å². The van der Waals surface area contributed by atoms with Gasteiger partial charge in [0.2, 0.25) is 0 Å². The SMILES string of the molecule is NCc1cc(C2(CN3CCCC3)C=CC(c3ccccc3)=CC2)no1. The molecular weight excluding hydrogens is 310 g/mol. The zero-order chi connectivity index (χ0) is 17.1. The summed E-state index contributed by atoms with van der Waals surface area (Å²) in [6, 6.07) is 12.6. The van der Waals surface area contributed by atoms with Crippen molar-refractivity contribution in [2.24, 2.45) is 5.73 Å². The molecule has 4 heteroatoms. The number of allylic oxidation sites excluding steroid dienone is 3. The highest BCUT2D eigenvalue weighted by atomic mass is 16.5. The maximum Gasteiger partial charge on any atom is 0.150 e. The van der Waals surface area contributed by atoms with Gasteiger partial charge in [0.05, 0.1) is 17.7 Å². The first kappa shape index (κ1) is 16.3. The fourth-order valence-electron chi connectivity index (χ4n) is 3.89. The fourth-order valence-corrected chi connectivity index (χ4v) is 3.89. The normalized spacial score (nSPS) is 23.8. The topological polar surface area (TPSA) is 55.3 Å². The van der Waals surface area contributed by atoms with Crippen molar-refractivity contribution in [2.75, 3.05) is 19.6 Å². The molecule has 1 aromatic carbocycles. The largest absolute Gasteiger partial charge is 0.360 e. The molecule has 1 atom stereocenters. The van der Waals surface area contributed by atoms with E-state index in [1.54, 1.807) is 0 Å².